The van der Waals surface area contributed by atoms with Gasteiger partial charge in [0.2, 0.25) is 0 Å². The van der Waals surface area contributed by atoms with Gasteiger partial charge in [0.1, 0.15) is 0 Å². The molecule has 78 valence electrons. The summed E-state index contributed by atoms with van der Waals surface area (Å²) in [6.07, 6.45) is -4.71. The highest BCUT2D eigenvalue weighted by Gasteiger charge is 2.37. The van der Waals surface area contributed by atoms with Crippen molar-refractivity contribution in [3.05, 3.63) is 0 Å². The number of likely N-dealkylation sites (tertiary alicyclic amines) is 1. The second-order valence-electron chi connectivity index (χ2n) is 3.39. The van der Waals surface area contributed by atoms with Gasteiger partial charge in [0.15, 0.2) is 6.10 Å². The van der Waals surface area contributed by atoms with Crippen LogP contribution in [0.5, 0.6) is 0 Å². The highest BCUT2D eigenvalue weighted by molar-refractivity contribution is 4.71. The molecule has 0 radical (unpaired) electrons. The molecule has 1 aliphatic rings. The van der Waals surface area contributed by atoms with Crippen LogP contribution in [0.1, 0.15) is 19.3 Å². The predicted molar refractivity (Wildman–Crippen MR) is 42.4 cm³/mol. The molecule has 0 aromatic carbocycles. The average molecular weight is 197 g/mol. The minimum Gasteiger partial charge on any atom is -0.384 e. The van der Waals surface area contributed by atoms with E-state index in [0.29, 0.717) is 6.54 Å². The summed E-state index contributed by atoms with van der Waals surface area (Å²) in [5, 5.41) is 8.69. The summed E-state index contributed by atoms with van der Waals surface area (Å²) in [5.74, 6) is 0. The molecule has 0 aromatic heterocycles. The lowest BCUT2D eigenvalue weighted by atomic mass is 10.2. The highest BCUT2D eigenvalue weighted by atomic mass is 19.4. The minimum absolute atomic E-state index is 0.205. The van der Waals surface area contributed by atoms with Crippen LogP contribution < -0.4 is 0 Å². The lowest BCUT2D eigenvalue weighted by molar-refractivity contribution is -0.206. The zero-order valence-corrected chi connectivity index (χ0v) is 7.35. The molecule has 0 aliphatic carbocycles. The zero-order chi connectivity index (χ0) is 9.90. The summed E-state index contributed by atoms with van der Waals surface area (Å²) >= 11 is 0. The van der Waals surface area contributed by atoms with Gasteiger partial charge >= 0.3 is 6.18 Å². The number of rotatable bonds is 3. The highest BCUT2D eigenvalue weighted by Crippen LogP contribution is 2.22. The predicted octanol–water partition coefficient (Wildman–Crippen LogP) is 1.40. The number of hydrogen-bond acceptors (Lipinski definition) is 2. The largest absolute Gasteiger partial charge is 0.414 e. The molecule has 0 saturated carbocycles. The van der Waals surface area contributed by atoms with Crippen LogP contribution >= 0.6 is 0 Å². The SMILES string of the molecule is O[C@@H](CCN1CCCC1)C(F)(F)F. The fraction of sp³-hybridized carbons (Fsp3) is 1.00. The van der Waals surface area contributed by atoms with E-state index in [1.807, 2.05) is 4.90 Å². The van der Waals surface area contributed by atoms with E-state index in [1.165, 1.54) is 0 Å². The van der Waals surface area contributed by atoms with Gasteiger partial charge in [0.05, 0.1) is 0 Å². The number of alkyl halides is 3. The van der Waals surface area contributed by atoms with Crippen LogP contribution in [-0.4, -0.2) is 41.9 Å². The third-order valence-electron chi connectivity index (χ3n) is 2.30. The smallest absolute Gasteiger partial charge is 0.384 e. The Morgan fingerprint density at radius 2 is 1.77 bits per heavy atom. The van der Waals surface area contributed by atoms with E-state index in [1.54, 1.807) is 0 Å². The first-order valence-electron chi connectivity index (χ1n) is 4.47. The quantitative estimate of drug-likeness (QED) is 0.739. The number of nitrogens with zero attached hydrogens (tertiary/aromatic N) is 1. The Morgan fingerprint density at radius 1 is 1.23 bits per heavy atom. The van der Waals surface area contributed by atoms with Crippen LogP contribution in [0.25, 0.3) is 0 Å². The molecule has 1 fully saturated rings. The van der Waals surface area contributed by atoms with Crippen molar-refractivity contribution in [3.8, 4) is 0 Å². The van der Waals surface area contributed by atoms with Crippen molar-refractivity contribution >= 4 is 0 Å². The third-order valence-corrected chi connectivity index (χ3v) is 2.30. The molecule has 2 nitrogen and oxygen atoms in total. The van der Waals surface area contributed by atoms with Crippen molar-refractivity contribution in [2.24, 2.45) is 0 Å². The Hall–Kier alpha value is -0.290. The van der Waals surface area contributed by atoms with Gasteiger partial charge in [0.25, 0.3) is 0 Å². The van der Waals surface area contributed by atoms with E-state index in [9.17, 15) is 13.2 Å². The topological polar surface area (TPSA) is 23.5 Å². The molecule has 0 bridgehead atoms. The molecule has 1 rings (SSSR count). The van der Waals surface area contributed by atoms with E-state index in [4.69, 9.17) is 5.11 Å². The lowest BCUT2D eigenvalue weighted by Gasteiger charge is -2.18. The van der Waals surface area contributed by atoms with Crippen LogP contribution in [-0.2, 0) is 0 Å². The van der Waals surface area contributed by atoms with E-state index < -0.39 is 12.3 Å². The average Bonchev–Trinajstić information content (AvgIpc) is 2.50. The maximum Gasteiger partial charge on any atom is 0.414 e. The summed E-state index contributed by atoms with van der Waals surface area (Å²) in [4.78, 5) is 1.95. The first-order valence-corrected chi connectivity index (χ1v) is 4.47. The van der Waals surface area contributed by atoms with Gasteiger partial charge in [-0.25, -0.2) is 0 Å². The molecular weight excluding hydrogens is 183 g/mol. The Kier molecular flexibility index (Phi) is 3.55. The zero-order valence-electron chi connectivity index (χ0n) is 7.35. The summed E-state index contributed by atoms with van der Waals surface area (Å²) in [5.41, 5.74) is 0. The molecule has 0 unspecified atom stereocenters. The number of aliphatic hydroxyl groups excluding tert-OH is 1. The van der Waals surface area contributed by atoms with Crippen molar-refractivity contribution in [1.29, 1.82) is 0 Å². The summed E-state index contributed by atoms with van der Waals surface area (Å²) in [6, 6.07) is 0. The molecule has 1 saturated heterocycles. The Labute approximate surface area is 75.3 Å². The fourth-order valence-corrected chi connectivity index (χ4v) is 1.47. The number of aliphatic hydroxyl groups is 1. The first kappa shape index (κ1) is 10.8. The van der Waals surface area contributed by atoms with Crippen molar-refractivity contribution in [3.63, 3.8) is 0 Å². The molecule has 0 spiro atoms. The summed E-state index contributed by atoms with van der Waals surface area (Å²) < 4.78 is 35.6. The third kappa shape index (κ3) is 3.52. The molecular formula is C8H14F3NO. The van der Waals surface area contributed by atoms with Gasteiger partial charge in [-0.3, -0.25) is 0 Å². The van der Waals surface area contributed by atoms with Gasteiger partial charge < -0.3 is 10.0 Å². The van der Waals surface area contributed by atoms with E-state index in [0.717, 1.165) is 25.9 Å². The standard InChI is InChI=1S/C8H14F3NO/c9-8(10,11)7(13)3-6-12-4-1-2-5-12/h7,13H,1-6H2/t7-/m0/s1. The number of halogens is 3. The second-order valence-corrected chi connectivity index (χ2v) is 3.39. The second kappa shape index (κ2) is 4.28. The Morgan fingerprint density at radius 3 is 2.23 bits per heavy atom. The minimum atomic E-state index is -4.46. The van der Waals surface area contributed by atoms with E-state index in [-0.39, 0.29) is 6.42 Å². The fourth-order valence-electron chi connectivity index (χ4n) is 1.47. The summed E-state index contributed by atoms with van der Waals surface area (Å²) in [6.45, 7) is 2.08. The van der Waals surface area contributed by atoms with Crippen LogP contribution in [0.4, 0.5) is 13.2 Å². The van der Waals surface area contributed by atoms with Gasteiger partial charge in [-0.1, -0.05) is 0 Å². The molecule has 0 amide bonds. The van der Waals surface area contributed by atoms with Crippen molar-refractivity contribution in [2.75, 3.05) is 19.6 Å². The van der Waals surface area contributed by atoms with Crippen LogP contribution in [0.2, 0.25) is 0 Å². The Balaban J connectivity index is 2.17. The van der Waals surface area contributed by atoms with Gasteiger partial charge in [-0.05, 0) is 32.4 Å². The van der Waals surface area contributed by atoms with Crippen molar-refractivity contribution in [2.45, 2.75) is 31.5 Å². The maximum absolute atomic E-state index is 11.9. The van der Waals surface area contributed by atoms with Crippen molar-refractivity contribution < 1.29 is 18.3 Å². The molecule has 5 heteroatoms. The number of hydrogen-bond donors (Lipinski definition) is 1. The maximum atomic E-state index is 11.9. The van der Waals surface area contributed by atoms with Gasteiger partial charge in [-0.2, -0.15) is 13.2 Å². The molecule has 1 N–H and O–H groups in total. The van der Waals surface area contributed by atoms with Crippen LogP contribution in [0, 0.1) is 0 Å². The Bertz CT molecular complexity index is 154. The lowest BCUT2D eigenvalue weighted by Crippen LogP contribution is -2.33. The van der Waals surface area contributed by atoms with Crippen LogP contribution in [0.15, 0.2) is 0 Å². The van der Waals surface area contributed by atoms with Gasteiger partial charge in [-0.15, -0.1) is 0 Å². The molecule has 1 atom stereocenters. The molecule has 13 heavy (non-hydrogen) atoms. The van der Waals surface area contributed by atoms with Gasteiger partial charge in [0, 0.05) is 6.54 Å². The molecule has 1 aliphatic heterocycles. The van der Waals surface area contributed by atoms with Crippen molar-refractivity contribution in [1.82, 2.24) is 4.90 Å². The molecule has 0 aromatic rings. The molecule has 1 heterocycles. The van der Waals surface area contributed by atoms with E-state index in [2.05, 4.69) is 0 Å². The first-order chi connectivity index (χ1) is 6.00. The van der Waals surface area contributed by atoms with Crippen LogP contribution in [0.3, 0.4) is 0 Å². The summed E-state index contributed by atoms with van der Waals surface area (Å²) in [7, 11) is 0. The normalized spacial score (nSPS) is 22.2. The van der Waals surface area contributed by atoms with E-state index >= 15 is 0 Å². The monoisotopic (exact) mass is 197 g/mol.